The summed E-state index contributed by atoms with van der Waals surface area (Å²) in [6.45, 7) is 1.17. The van der Waals surface area contributed by atoms with Gasteiger partial charge in [-0.1, -0.05) is 24.1 Å². The smallest absolute Gasteiger partial charge is 0.410 e. The zero-order chi connectivity index (χ0) is 28.5. The van der Waals surface area contributed by atoms with E-state index in [9.17, 15) is 19.8 Å². The highest BCUT2D eigenvalue weighted by atomic mass is 16.6. The van der Waals surface area contributed by atoms with Crippen LogP contribution in [-0.2, 0) is 9.53 Å². The molecule has 41 heavy (non-hydrogen) atoms. The van der Waals surface area contributed by atoms with Crippen molar-refractivity contribution in [1.29, 1.82) is 0 Å². The number of piperidine rings is 1. The molecule has 1 aliphatic carbocycles. The number of ether oxygens (including phenoxy) is 2. The van der Waals surface area contributed by atoms with E-state index in [1.54, 1.807) is 17.0 Å². The van der Waals surface area contributed by atoms with Gasteiger partial charge in [-0.2, -0.15) is 0 Å². The Morgan fingerprint density at radius 1 is 1.10 bits per heavy atom. The van der Waals surface area contributed by atoms with E-state index in [2.05, 4.69) is 32.1 Å². The van der Waals surface area contributed by atoms with E-state index in [0.29, 0.717) is 36.7 Å². The molecule has 0 bridgehead atoms. The normalized spacial score (nSPS) is 24.6. The van der Waals surface area contributed by atoms with Gasteiger partial charge in [0.2, 0.25) is 5.82 Å². The Hall–Kier alpha value is -4.25. The van der Waals surface area contributed by atoms with E-state index in [1.807, 2.05) is 18.2 Å². The molecule has 0 spiro atoms. The third-order valence-electron chi connectivity index (χ3n) is 7.56. The standard InChI is InChI=1S/C28H31N7O6/c29-24-20-25(35(15-30-20)27-22(37)21(36)23(41-27)26(38)31-17-9-10-17)33-19(32-24)8-4-5-16-11-13-34(14-12-16)28(39)40-18-6-2-1-3-7-18/h1-3,6-7,15-17,21-23,27,36-37H,5,9-14H2,(H,31,38)(H2,29,32,33)/t21-,22+,23-,27+/m0/s1. The molecular weight excluding hydrogens is 530 g/mol. The first kappa shape index (κ1) is 26.9. The summed E-state index contributed by atoms with van der Waals surface area (Å²) >= 11 is 0. The molecule has 3 aromatic rings. The van der Waals surface area contributed by atoms with Crippen LogP contribution in [0, 0.1) is 17.8 Å². The average Bonchev–Trinajstić information content (AvgIpc) is 3.61. The number of hydrogen-bond acceptors (Lipinski definition) is 10. The number of nitrogens with two attached hydrogens (primary N) is 1. The third-order valence-corrected chi connectivity index (χ3v) is 7.56. The van der Waals surface area contributed by atoms with E-state index in [0.717, 1.165) is 25.7 Å². The number of rotatable bonds is 5. The second kappa shape index (κ2) is 11.3. The Morgan fingerprint density at radius 3 is 2.59 bits per heavy atom. The predicted molar refractivity (Wildman–Crippen MR) is 145 cm³/mol. The number of aliphatic hydroxyl groups excluding tert-OH is 2. The minimum absolute atomic E-state index is 0.0842. The Morgan fingerprint density at radius 2 is 1.85 bits per heavy atom. The van der Waals surface area contributed by atoms with Crippen molar-refractivity contribution in [2.45, 2.75) is 62.7 Å². The molecule has 2 aliphatic heterocycles. The molecule has 5 N–H and O–H groups in total. The topological polar surface area (TPSA) is 178 Å². The predicted octanol–water partition coefficient (Wildman–Crippen LogP) is 0.959. The van der Waals surface area contributed by atoms with E-state index < -0.39 is 30.4 Å². The maximum Gasteiger partial charge on any atom is 0.415 e. The fourth-order valence-corrected chi connectivity index (χ4v) is 5.05. The van der Waals surface area contributed by atoms with Crippen molar-refractivity contribution in [2.24, 2.45) is 5.92 Å². The molecule has 6 rings (SSSR count). The quantitative estimate of drug-likeness (QED) is 0.328. The lowest BCUT2D eigenvalue weighted by molar-refractivity contribution is -0.137. The summed E-state index contributed by atoms with van der Waals surface area (Å²) < 4.78 is 12.6. The van der Waals surface area contributed by atoms with Gasteiger partial charge in [-0.05, 0) is 49.7 Å². The molecule has 0 radical (unpaired) electrons. The molecule has 3 fully saturated rings. The van der Waals surface area contributed by atoms with Crippen LogP contribution in [0.2, 0.25) is 0 Å². The van der Waals surface area contributed by atoms with Crippen LogP contribution in [0.25, 0.3) is 11.2 Å². The number of imidazole rings is 1. The van der Waals surface area contributed by atoms with Gasteiger partial charge in [0.05, 0.1) is 6.33 Å². The maximum absolute atomic E-state index is 12.5. The fourth-order valence-electron chi connectivity index (χ4n) is 5.05. The second-order valence-corrected chi connectivity index (χ2v) is 10.6. The van der Waals surface area contributed by atoms with E-state index in [4.69, 9.17) is 15.2 Å². The summed E-state index contributed by atoms with van der Waals surface area (Å²) in [5.74, 6) is 6.73. The summed E-state index contributed by atoms with van der Waals surface area (Å²) in [5.41, 5.74) is 6.68. The van der Waals surface area contributed by atoms with Crippen molar-refractivity contribution < 1.29 is 29.3 Å². The summed E-state index contributed by atoms with van der Waals surface area (Å²) in [6.07, 6.45) is -0.147. The largest absolute Gasteiger partial charge is 0.415 e. The highest BCUT2D eigenvalue weighted by molar-refractivity contribution is 5.83. The number of likely N-dealkylation sites (tertiary alicyclic amines) is 1. The van der Waals surface area contributed by atoms with Crippen LogP contribution >= 0.6 is 0 Å². The van der Waals surface area contributed by atoms with Gasteiger partial charge in [0.25, 0.3) is 5.91 Å². The number of nitrogens with one attached hydrogen (secondary N) is 1. The van der Waals surface area contributed by atoms with Crippen molar-refractivity contribution in [2.75, 3.05) is 18.8 Å². The van der Waals surface area contributed by atoms with E-state index >= 15 is 0 Å². The van der Waals surface area contributed by atoms with Gasteiger partial charge in [-0.25, -0.2) is 19.7 Å². The lowest BCUT2D eigenvalue weighted by atomic mass is 9.94. The van der Waals surface area contributed by atoms with Gasteiger partial charge in [0, 0.05) is 25.6 Å². The number of benzene rings is 1. The SMILES string of the molecule is Nc1nc(C#CCC2CCN(C(=O)Oc3ccccc3)CC2)nc2c1ncn2[C@@H]1O[C@H](C(=O)NC2CC2)[C@@H](O)[C@H]1O. The molecule has 2 amide bonds. The summed E-state index contributed by atoms with van der Waals surface area (Å²) in [6, 6.07) is 9.08. The lowest BCUT2D eigenvalue weighted by Gasteiger charge is -2.30. The molecule has 1 aromatic carbocycles. The molecular formula is C28H31N7O6. The molecule has 13 nitrogen and oxygen atoms in total. The number of carbonyl (C=O) groups excluding carboxylic acids is 2. The monoisotopic (exact) mass is 561 g/mol. The van der Waals surface area contributed by atoms with Crippen LogP contribution in [0.3, 0.4) is 0 Å². The third kappa shape index (κ3) is 5.81. The lowest BCUT2D eigenvalue weighted by Crippen LogP contribution is -2.43. The second-order valence-electron chi connectivity index (χ2n) is 10.6. The van der Waals surface area contributed by atoms with Crippen molar-refractivity contribution in [3.05, 3.63) is 42.5 Å². The van der Waals surface area contributed by atoms with Crippen LogP contribution in [-0.4, -0.2) is 84.1 Å². The minimum atomic E-state index is -1.42. The Labute approximate surface area is 235 Å². The van der Waals surface area contributed by atoms with Crippen LogP contribution in [0.4, 0.5) is 10.6 Å². The van der Waals surface area contributed by atoms with Crippen molar-refractivity contribution >= 4 is 29.0 Å². The van der Waals surface area contributed by atoms with Crippen LogP contribution < -0.4 is 15.8 Å². The van der Waals surface area contributed by atoms with Gasteiger partial charge < -0.3 is 35.6 Å². The Kier molecular flexibility index (Phi) is 7.44. The van der Waals surface area contributed by atoms with Gasteiger partial charge in [0.15, 0.2) is 23.8 Å². The summed E-state index contributed by atoms with van der Waals surface area (Å²) in [7, 11) is 0. The number of fused-ring (bicyclic) bond motifs is 1. The number of aromatic nitrogens is 4. The number of anilines is 1. The number of nitrogen functional groups attached to an aromatic ring is 1. The molecule has 4 atom stereocenters. The number of para-hydroxylation sites is 1. The van der Waals surface area contributed by atoms with Gasteiger partial charge >= 0.3 is 6.09 Å². The zero-order valence-electron chi connectivity index (χ0n) is 22.2. The Balaban J connectivity index is 1.09. The molecule has 2 saturated heterocycles. The van der Waals surface area contributed by atoms with Gasteiger partial charge in [0.1, 0.15) is 23.5 Å². The first-order valence-corrected chi connectivity index (χ1v) is 13.7. The molecule has 13 heteroatoms. The minimum Gasteiger partial charge on any atom is -0.410 e. The summed E-state index contributed by atoms with van der Waals surface area (Å²) in [4.78, 5) is 39.6. The van der Waals surface area contributed by atoms with Gasteiger partial charge in [-0.15, -0.1) is 0 Å². The van der Waals surface area contributed by atoms with Crippen molar-refractivity contribution in [3.8, 4) is 17.6 Å². The molecule has 3 aliphatic rings. The van der Waals surface area contributed by atoms with E-state index in [-0.39, 0.29) is 29.4 Å². The average molecular weight is 562 g/mol. The Bertz CT molecular complexity index is 1490. The number of amides is 2. The van der Waals surface area contributed by atoms with Crippen molar-refractivity contribution in [3.63, 3.8) is 0 Å². The first-order valence-electron chi connectivity index (χ1n) is 13.7. The van der Waals surface area contributed by atoms with Crippen molar-refractivity contribution in [1.82, 2.24) is 29.7 Å². The van der Waals surface area contributed by atoms with Gasteiger partial charge in [-0.3, -0.25) is 9.36 Å². The molecule has 0 unspecified atom stereocenters. The maximum atomic E-state index is 12.5. The molecule has 2 aromatic heterocycles. The fraction of sp³-hybridized carbons (Fsp3) is 0.464. The first-order chi connectivity index (χ1) is 19.9. The zero-order valence-corrected chi connectivity index (χ0v) is 22.2. The molecule has 4 heterocycles. The summed E-state index contributed by atoms with van der Waals surface area (Å²) in [5, 5.41) is 23.9. The molecule has 1 saturated carbocycles. The van der Waals surface area contributed by atoms with E-state index in [1.165, 1.54) is 10.9 Å². The number of hydrogen-bond donors (Lipinski definition) is 4. The number of nitrogens with zero attached hydrogens (tertiary/aromatic N) is 5. The highest BCUT2D eigenvalue weighted by Crippen LogP contribution is 2.33. The van der Waals surface area contributed by atoms with Crippen LogP contribution in [0.1, 0.15) is 44.2 Å². The number of aliphatic hydroxyl groups is 2. The molecule has 214 valence electrons. The highest BCUT2D eigenvalue weighted by Gasteiger charge is 2.48. The van der Waals surface area contributed by atoms with Crippen LogP contribution in [0.5, 0.6) is 5.75 Å². The number of carbonyl (C=O) groups is 2. The van der Waals surface area contributed by atoms with Crippen LogP contribution in [0.15, 0.2) is 36.7 Å².